The molecule has 2 rings (SSSR count). The molecule has 0 radical (unpaired) electrons. The Labute approximate surface area is 188 Å². The fourth-order valence-corrected chi connectivity index (χ4v) is 5.39. The van der Waals surface area contributed by atoms with Crippen molar-refractivity contribution in [3.63, 3.8) is 0 Å². The number of thiophene rings is 1. The van der Waals surface area contributed by atoms with E-state index in [2.05, 4.69) is 13.8 Å². The number of nitrogens with zero attached hydrogens (tertiary/aromatic N) is 1. The van der Waals surface area contributed by atoms with E-state index < -0.39 is 0 Å². The van der Waals surface area contributed by atoms with Gasteiger partial charge in [-0.1, -0.05) is 104 Å². The van der Waals surface area contributed by atoms with Gasteiger partial charge >= 0.3 is 0 Å². The van der Waals surface area contributed by atoms with Crippen molar-refractivity contribution in [1.82, 2.24) is 0 Å². The lowest BCUT2D eigenvalue weighted by molar-refractivity contribution is -0.114. The van der Waals surface area contributed by atoms with E-state index in [0.29, 0.717) is 10.8 Å². The van der Waals surface area contributed by atoms with Crippen molar-refractivity contribution in [2.24, 2.45) is 5.92 Å². The minimum absolute atomic E-state index is 0.301. The average Bonchev–Trinajstić information content (AvgIpc) is 3.31. The van der Waals surface area contributed by atoms with Crippen molar-refractivity contribution >= 4 is 28.7 Å². The van der Waals surface area contributed by atoms with Gasteiger partial charge in [0.25, 0.3) is 11.7 Å². The molecule has 0 fully saturated rings. The molecule has 0 saturated heterocycles. The van der Waals surface area contributed by atoms with Crippen LogP contribution in [0.15, 0.2) is 11.4 Å². The summed E-state index contributed by atoms with van der Waals surface area (Å²) in [5, 5.41) is 1.93. The number of anilines is 1. The Kier molecular flexibility index (Phi) is 12.4. The standard InChI is InChI=1S/C26H43NO2S/c1-3-5-7-9-11-12-14-16-18-22(17-15-13-10-8-6-4-2)21-27-23-19-20-30-25(23)24(28)26(27)29/h19-20,22H,3-18,21H2,1-2H3. The number of ketones is 1. The predicted molar refractivity (Wildman–Crippen MR) is 130 cm³/mol. The van der Waals surface area contributed by atoms with E-state index in [1.54, 1.807) is 4.90 Å². The zero-order valence-electron chi connectivity index (χ0n) is 19.4. The van der Waals surface area contributed by atoms with Crippen LogP contribution in [-0.2, 0) is 4.79 Å². The van der Waals surface area contributed by atoms with Gasteiger partial charge in [0.05, 0.1) is 5.69 Å². The van der Waals surface area contributed by atoms with Gasteiger partial charge in [0.2, 0.25) is 0 Å². The summed E-state index contributed by atoms with van der Waals surface area (Å²) in [6.45, 7) is 5.24. The van der Waals surface area contributed by atoms with Crippen LogP contribution in [0.25, 0.3) is 0 Å². The van der Waals surface area contributed by atoms with E-state index in [1.165, 1.54) is 114 Å². The van der Waals surface area contributed by atoms with Crippen molar-refractivity contribution in [1.29, 1.82) is 0 Å². The van der Waals surface area contributed by atoms with Gasteiger partial charge in [-0.05, 0) is 30.2 Å². The Hall–Kier alpha value is -1.16. The van der Waals surface area contributed by atoms with Gasteiger partial charge in [-0.25, -0.2) is 0 Å². The number of Topliss-reactive ketones (excluding diaryl/α,β-unsaturated/α-hetero) is 1. The average molecular weight is 434 g/mol. The van der Waals surface area contributed by atoms with Crippen molar-refractivity contribution in [3.8, 4) is 0 Å². The smallest absolute Gasteiger partial charge is 0.300 e. The summed E-state index contributed by atoms with van der Waals surface area (Å²) in [6.07, 6.45) is 20.9. The van der Waals surface area contributed by atoms with Gasteiger partial charge in [0.15, 0.2) is 0 Å². The van der Waals surface area contributed by atoms with Gasteiger partial charge in [0, 0.05) is 6.54 Å². The minimum Gasteiger partial charge on any atom is -0.304 e. The molecule has 2 heterocycles. The first-order chi connectivity index (χ1) is 14.7. The first-order valence-electron chi connectivity index (χ1n) is 12.6. The highest BCUT2D eigenvalue weighted by Crippen LogP contribution is 2.35. The van der Waals surface area contributed by atoms with Crippen molar-refractivity contribution in [2.75, 3.05) is 11.4 Å². The molecule has 3 nitrogen and oxygen atoms in total. The second-order valence-electron chi connectivity index (χ2n) is 9.07. The van der Waals surface area contributed by atoms with Crippen molar-refractivity contribution in [3.05, 3.63) is 16.3 Å². The maximum atomic E-state index is 12.5. The summed E-state index contributed by atoms with van der Waals surface area (Å²) in [4.78, 5) is 27.2. The number of hydrogen-bond acceptors (Lipinski definition) is 3. The molecule has 1 atom stereocenters. The summed E-state index contributed by atoms with van der Waals surface area (Å²) >= 11 is 1.40. The minimum atomic E-state index is -0.305. The lowest BCUT2D eigenvalue weighted by Gasteiger charge is -2.24. The first-order valence-corrected chi connectivity index (χ1v) is 13.5. The molecule has 0 bridgehead atoms. The highest BCUT2D eigenvalue weighted by atomic mass is 32.1. The molecule has 1 aliphatic heterocycles. The number of carbonyl (C=O) groups excluding carboxylic acids is 2. The van der Waals surface area contributed by atoms with Gasteiger partial charge in [-0.3, -0.25) is 9.59 Å². The number of carbonyl (C=O) groups is 2. The topological polar surface area (TPSA) is 37.4 Å². The molecule has 1 amide bonds. The van der Waals surface area contributed by atoms with E-state index in [1.807, 2.05) is 11.4 Å². The normalized spacial score (nSPS) is 14.5. The van der Waals surface area contributed by atoms with Gasteiger partial charge in [-0.15, -0.1) is 11.3 Å². The number of fused-ring (bicyclic) bond motifs is 1. The molecule has 1 unspecified atom stereocenters. The van der Waals surface area contributed by atoms with Gasteiger partial charge in [-0.2, -0.15) is 0 Å². The second kappa shape index (κ2) is 14.8. The van der Waals surface area contributed by atoms with E-state index >= 15 is 0 Å². The molecule has 30 heavy (non-hydrogen) atoms. The molecule has 0 N–H and O–H groups in total. The molecule has 0 spiro atoms. The van der Waals surface area contributed by atoms with Crippen LogP contribution >= 0.6 is 11.3 Å². The lowest BCUT2D eigenvalue weighted by Crippen LogP contribution is -2.34. The Morgan fingerprint density at radius 3 is 1.80 bits per heavy atom. The highest BCUT2D eigenvalue weighted by molar-refractivity contribution is 7.14. The van der Waals surface area contributed by atoms with Gasteiger partial charge < -0.3 is 4.90 Å². The largest absolute Gasteiger partial charge is 0.304 e. The Balaban J connectivity index is 1.77. The maximum Gasteiger partial charge on any atom is 0.300 e. The fourth-order valence-electron chi connectivity index (χ4n) is 4.56. The Bertz CT molecular complexity index is 624. The second-order valence-corrected chi connectivity index (χ2v) is 9.98. The molecular formula is C26H43NO2S. The molecular weight excluding hydrogens is 390 g/mol. The number of amides is 1. The third-order valence-corrected chi connectivity index (χ3v) is 7.36. The van der Waals surface area contributed by atoms with Crippen molar-refractivity contribution < 1.29 is 9.59 Å². The van der Waals surface area contributed by atoms with Crippen LogP contribution in [0.2, 0.25) is 0 Å². The Morgan fingerprint density at radius 1 is 0.767 bits per heavy atom. The summed E-state index contributed by atoms with van der Waals surface area (Å²) in [5.41, 5.74) is 0.860. The van der Waals surface area contributed by atoms with Crippen LogP contribution in [0.1, 0.15) is 126 Å². The fraction of sp³-hybridized carbons (Fsp3) is 0.769. The molecule has 1 aromatic rings. The van der Waals surface area contributed by atoms with Crippen LogP contribution in [-0.4, -0.2) is 18.2 Å². The molecule has 170 valence electrons. The number of rotatable bonds is 18. The lowest BCUT2D eigenvalue weighted by atomic mass is 9.93. The van der Waals surface area contributed by atoms with Crippen LogP contribution in [0.3, 0.4) is 0 Å². The van der Waals surface area contributed by atoms with Crippen molar-refractivity contribution in [2.45, 2.75) is 117 Å². The maximum absolute atomic E-state index is 12.5. The predicted octanol–water partition coefficient (Wildman–Crippen LogP) is 8.18. The van der Waals surface area contributed by atoms with E-state index in [0.717, 1.165) is 12.2 Å². The molecule has 1 aromatic heterocycles. The summed E-state index contributed by atoms with van der Waals surface area (Å²) in [7, 11) is 0. The third kappa shape index (κ3) is 8.17. The highest BCUT2D eigenvalue weighted by Gasteiger charge is 2.37. The number of hydrogen-bond donors (Lipinski definition) is 0. The van der Waals surface area contributed by atoms with E-state index in [-0.39, 0.29) is 11.7 Å². The zero-order valence-corrected chi connectivity index (χ0v) is 20.2. The molecule has 0 saturated carbocycles. The molecule has 4 heteroatoms. The van der Waals surface area contributed by atoms with Crippen LogP contribution in [0, 0.1) is 5.92 Å². The number of unbranched alkanes of at least 4 members (excludes halogenated alkanes) is 12. The summed E-state index contributed by atoms with van der Waals surface area (Å²) < 4.78 is 0. The summed E-state index contributed by atoms with van der Waals surface area (Å²) in [5.74, 6) is -0.0926. The zero-order chi connectivity index (χ0) is 21.6. The van der Waals surface area contributed by atoms with Crippen LogP contribution in [0.5, 0.6) is 0 Å². The van der Waals surface area contributed by atoms with E-state index in [9.17, 15) is 9.59 Å². The first kappa shape index (κ1) is 25.1. The van der Waals surface area contributed by atoms with Crippen LogP contribution < -0.4 is 4.90 Å². The quantitative estimate of drug-likeness (QED) is 0.173. The van der Waals surface area contributed by atoms with Crippen LogP contribution in [0.4, 0.5) is 5.69 Å². The SMILES string of the molecule is CCCCCCCCCCC(CCCCCCCC)CN1C(=O)C(=O)c2sccc21. The summed E-state index contributed by atoms with van der Waals surface area (Å²) in [6, 6.07) is 1.95. The molecule has 0 aliphatic carbocycles. The Morgan fingerprint density at radius 2 is 1.27 bits per heavy atom. The monoisotopic (exact) mass is 433 g/mol. The third-order valence-electron chi connectivity index (χ3n) is 6.45. The molecule has 1 aliphatic rings. The van der Waals surface area contributed by atoms with Gasteiger partial charge in [0.1, 0.15) is 4.88 Å². The van der Waals surface area contributed by atoms with E-state index in [4.69, 9.17) is 0 Å². The molecule has 0 aromatic carbocycles.